The van der Waals surface area contributed by atoms with E-state index < -0.39 is 0 Å². The van der Waals surface area contributed by atoms with E-state index in [2.05, 4.69) is 12.2 Å². The van der Waals surface area contributed by atoms with Crippen LogP contribution < -0.4 is 11.1 Å². The van der Waals surface area contributed by atoms with Gasteiger partial charge in [0.2, 0.25) is 0 Å². The first-order valence-corrected chi connectivity index (χ1v) is 6.38. The molecule has 0 saturated heterocycles. The zero-order valence-corrected chi connectivity index (χ0v) is 9.80. The molecule has 2 rings (SSSR count). The zero-order valence-electron chi connectivity index (χ0n) is 9.80. The third-order valence-electron chi connectivity index (χ3n) is 4.21. The number of hydrogen-bond acceptors (Lipinski definition) is 3. The fraction of sp³-hybridized carbons (Fsp3) is 1.00. The molecule has 3 nitrogen and oxygen atoms in total. The van der Waals surface area contributed by atoms with Gasteiger partial charge in [-0.25, -0.2) is 0 Å². The maximum absolute atomic E-state index is 5.81. The maximum atomic E-state index is 5.81. The summed E-state index contributed by atoms with van der Waals surface area (Å²) in [4.78, 5) is 0. The average molecular weight is 212 g/mol. The molecule has 2 atom stereocenters. The van der Waals surface area contributed by atoms with E-state index in [1.54, 1.807) is 0 Å². The van der Waals surface area contributed by atoms with Gasteiger partial charge in [-0.3, -0.25) is 0 Å². The van der Waals surface area contributed by atoms with E-state index in [9.17, 15) is 0 Å². The van der Waals surface area contributed by atoms with E-state index in [4.69, 9.17) is 10.5 Å². The van der Waals surface area contributed by atoms with Crippen molar-refractivity contribution in [1.29, 1.82) is 0 Å². The molecule has 2 saturated carbocycles. The summed E-state index contributed by atoms with van der Waals surface area (Å²) < 4.78 is 5.81. The quantitative estimate of drug-likeness (QED) is 0.652. The summed E-state index contributed by atoms with van der Waals surface area (Å²) >= 11 is 0. The van der Waals surface area contributed by atoms with Gasteiger partial charge in [-0.05, 0) is 45.7 Å². The normalized spacial score (nSPS) is 32.4. The highest BCUT2D eigenvalue weighted by Crippen LogP contribution is 2.57. The van der Waals surface area contributed by atoms with Gasteiger partial charge in [0.15, 0.2) is 0 Å². The van der Waals surface area contributed by atoms with E-state index in [0.717, 1.165) is 26.1 Å². The molecule has 0 aromatic carbocycles. The topological polar surface area (TPSA) is 47.3 Å². The molecular formula is C12H24N2O. The maximum Gasteiger partial charge on any atom is 0.0661 e. The fourth-order valence-corrected chi connectivity index (χ4v) is 3.10. The number of hydrogen-bond donors (Lipinski definition) is 2. The van der Waals surface area contributed by atoms with Gasteiger partial charge in [0.25, 0.3) is 0 Å². The Morgan fingerprint density at radius 1 is 1.47 bits per heavy atom. The van der Waals surface area contributed by atoms with Crippen LogP contribution in [-0.4, -0.2) is 31.8 Å². The molecule has 2 aliphatic carbocycles. The van der Waals surface area contributed by atoms with Crippen molar-refractivity contribution in [3.05, 3.63) is 0 Å². The van der Waals surface area contributed by atoms with Crippen LogP contribution in [0.4, 0.5) is 0 Å². The lowest BCUT2D eigenvalue weighted by molar-refractivity contribution is -0.172. The average Bonchev–Trinajstić information content (AvgIpc) is 2.12. The highest BCUT2D eigenvalue weighted by Gasteiger charge is 2.58. The van der Waals surface area contributed by atoms with E-state index in [1.165, 1.54) is 25.7 Å². The molecule has 1 spiro atoms. The Hall–Kier alpha value is -0.120. The minimum Gasteiger partial charge on any atom is -0.378 e. The third-order valence-corrected chi connectivity index (χ3v) is 4.21. The molecule has 2 aliphatic rings. The summed E-state index contributed by atoms with van der Waals surface area (Å²) in [6.45, 7) is 4.83. The minimum absolute atomic E-state index is 0.505. The van der Waals surface area contributed by atoms with Crippen molar-refractivity contribution in [2.45, 2.75) is 51.2 Å². The zero-order chi connectivity index (χ0) is 10.7. The predicted octanol–water partition coefficient (Wildman–Crippen LogP) is 1.27. The van der Waals surface area contributed by atoms with Crippen molar-refractivity contribution in [3.8, 4) is 0 Å². The van der Waals surface area contributed by atoms with Crippen LogP contribution >= 0.6 is 0 Å². The van der Waals surface area contributed by atoms with Crippen LogP contribution in [0.25, 0.3) is 0 Å². The van der Waals surface area contributed by atoms with Gasteiger partial charge in [0.05, 0.1) is 6.10 Å². The number of nitrogens with two attached hydrogens (primary N) is 1. The molecule has 2 unspecified atom stereocenters. The second kappa shape index (κ2) is 4.81. The Morgan fingerprint density at radius 3 is 2.80 bits per heavy atom. The molecule has 0 radical (unpaired) electrons. The minimum atomic E-state index is 0.505. The van der Waals surface area contributed by atoms with Crippen LogP contribution in [-0.2, 0) is 4.74 Å². The van der Waals surface area contributed by atoms with Crippen LogP contribution in [0.3, 0.4) is 0 Å². The molecule has 15 heavy (non-hydrogen) atoms. The number of ether oxygens (including phenoxy) is 1. The summed E-state index contributed by atoms with van der Waals surface area (Å²) in [5, 5.41) is 3.64. The Labute approximate surface area is 92.7 Å². The molecule has 3 N–H and O–H groups in total. The smallest absolute Gasteiger partial charge is 0.0661 e. The van der Waals surface area contributed by atoms with Gasteiger partial charge in [0, 0.05) is 18.1 Å². The van der Waals surface area contributed by atoms with Gasteiger partial charge in [-0.1, -0.05) is 6.42 Å². The number of nitrogens with one attached hydrogen (secondary N) is 1. The molecule has 0 bridgehead atoms. The Morgan fingerprint density at radius 2 is 2.27 bits per heavy atom. The van der Waals surface area contributed by atoms with Crippen molar-refractivity contribution in [2.75, 3.05) is 19.7 Å². The summed E-state index contributed by atoms with van der Waals surface area (Å²) in [6, 6.07) is 0.703. The van der Waals surface area contributed by atoms with Crippen LogP contribution in [0.5, 0.6) is 0 Å². The van der Waals surface area contributed by atoms with Crippen LogP contribution in [0.15, 0.2) is 0 Å². The van der Waals surface area contributed by atoms with Crippen molar-refractivity contribution in [1.82, 2.24) is 5.32 Å². The van der Waals surface area contributed by atoms with Gasteiger partial charge in [-0.2, -0.15) is 0 Å². The monoisotopic (exact) mass is 212 g/mol. The molecule has 3 heteroatoms. The standard InChI is InChI=1S/C12H24N2O/c1-2-15-11-9-10(14-8-4-7-13)12(11)5-3-6-12/h10-11,14H,2-9,13H2,1H3. The van der Waals surface area contributed by atoms with Crippen molar-refractivity contribution in [2.24, 2.45) is 11.1 Å². The molecule has 0 aromatic rings. The summed E-state index contributed by atoms with van der Waals surface area (Å²) in [5.74, 6) is 0. The van der Waals surface area contributed by atoms with Crippen molar-refractivity contribution >= 4 is 0 Å². The molecule has 2 fully saturated rings. The van der Waals surface area contributed by atoms with Crippen LogP contribution in [0.1, 0.15) is 39.0 Å². The highest BCUT2D eigenvalue weighted by atomic mass is 16.5. The molecule has 0 heterocycles. The second-order valence-corrected chi connectivity index (χ2v) is 4.92. The Kier molecular flexibility index (Phi) is 3.65. The SMILES string of the molecule is CCOC1CC(NCCCN)C12CCC2. The van der Waals surface area contributed by atoms with Gasteiger partial charge in [-0.15, -0.1) is 0 Å². The molecule has 0 aromatic heterocycles. The lowest BCUT2D eigenvalue weighted by Gasteiger charge is -2.61. The first kappa shape index (κ1) is 11.4. The van der Waals surface area contributed by atoms with E-state index in [0.29, 0.717) is 17.6 Å². The van der Waals surface area contributed by atoms with Gasteiger partial charge < -0.3 is 15.8 Å². The summed E-state index contributed by atoms with van der Waals surface area (Å²) in [5.41, 5.74) is 6.00. The molecular weight excluding hydrogens is 188 g/mol. The molecule has 0 amide bonds. The van der Waals surface area contributed by atoms with E-state index in [-0.39, 0.29) is 0 Å². The predicted molar refractivity (Wildman–Crippen MR) is 61.8 cm³/mol. The second-order valence-electron chi connectivity index (χ2n) is 4.92. The van der Waals surface area contributed by atoms with Crippen molar-refractivity contribution < 1.29 is 4.74 Å². The first-order valence-electron chi connectivity index (χ1n) is 6.38. The lowest BCUT2D eigenvalue weighted by atomic mass is 9.51. The van der Waals surface area contributed by atoms with Gasteiger partial charge in [0.1, 0.15) is 0 Å². The Balaban J connectivity index is 1.77. The molecule has 0 aliphatic heterocycles. The Bertz CT molecular complexity index is 202. The molecule has 88 valence electrons. The van der Waals surface area contributed by atoms with Crippen molar-refractivity contribution in [3.63, 3.8) is 0 Å². The lowest BCUT2D eigenvalue weighted by Crippen LogP contribution is -2.67. The first-order chi connectivity index (χ1) is 7.33. The van der Waals surface area contributed by atoms with Crippen LogP contribution in [0, 0.1) is 5.41 Å². The third kappa shape index (κ3) is 1.93. The fourth-order valence-electron chi connectivity index (χ4n) is 3.10. The van der Waals surface area contributed by atoms with E-state index >= 15 is 0 Å². The summed E-state index contributed by atoms with van der Waals surface area (Å²) in [7, 11) is 0. The van der Waals surface area contributed by atoms with Gasteiger partial charge >= 0.3 is 0 Å². The van der Waals surface area contributed by atoms with Crippen LogP contribution in [0.2, 0.25) is 0 Å². The summed E-state index contributed by atoms with van der Waals surface area (Å²) in [6.07, 6.45) is 6.94. The highest BCUT2D eigenvalue weighted by molar-refractivity contribution is 5.11. The van der Waals surface area contributed by atoms with E-state index in [1.807, 2.05) is 0 Å². The number of rotatable bonds is 6. The largest absolute Gasteiger partial charge is 0.378 e.